The van der Waals surface area contributed by atoms with E-state index in [0.29, 0.717) is 0 Å². The highest BCUT2D eigenvalue weighted by molar-refractivity contribution is 7.48. The zero-order valence-corrected chi connectivity index (χ0v) is 9.52. The highest BCUT2D eigenvalue weighted by Gasteiger charge is 2.14. The number of hydrogen-bond donors (Lipinski definition) is 2. The van der Waals surface area contributed by atoms with E-state index in [0.717, 1.165) is 11.4 Å². The Hall–Kier alpha value is -1.86. The molecular formula is C12H12N2OP+. The molecule has 0 spiro atoms. The van der Waals surface area contributed by atoms with E-state index < -0.39 is 8.10 Å². The number of anilines is 2. The molecule has 0 aliphatic heterocycles. The molecule has 2 N–H and O–H groups in total. The lowest BCUT2D eigenvalue weighted by molar-refractivity contribution is 0.593. The summed E-state index contributed by atoms with van der Waals surface area (Å²) in [6, 6.07) is 18.9. The minimum atomic E-state index is -1.68. The van der Waals surface area contributed by atoms with E-state index in [1.165, 1.54) is 0 Å². The molecular weight excluding hydrogens is 219 g/mol. The van der Waals surface area contributed by atoms with Crippen LogP contribution in [0.4, 0.5) is 11.4 Å². The Bertz CT molecular complexity index is 415. The molecule has 0 fully saturated rings. The van der Waals surface area contributed by atoms with E-state index in [1.54, 1.807) is 0 Å². The maximum atomic E-state index is 11.7. The maximum Gasteiger partial charge on any atom is 0.590 e. The van der Waals surface area contributed by atoms with Crippen molar-refractivity contribution >= 4 is 19.5 Å². The molecule has 0 unspecified atom stereocenters. The van der Waals surface area contributed by atoms with Crippen molar-refractivity contribution in [2.75, 3.05) is 10.2 Å². The molecule has 2 aromatic rings. The lowest BCUT2D eigenvalue weighted by Gasteiger charge is -1.96. The molecule has 16 heavy (non-hydrogen) atoms. The van der Waals surface area contributed by atoms with E-state index in [-0.39, 0.29) is 0 Å². The van der Waals surface area contributed by atoms with Crippen LogP contribution in [-0.2, 0) is 4.57 Å². The molecule has 0 aromatic heterocycles. The molecule has 0 amide bonds. The standard InChI is InChI=1S/C12H12N2OP/c15-16(13-11-7-3-1-4-8-11)14-12-9-5-2-6-10-12/h1-10H,(H2,13,14,15)/q+1. The lowest BCUT2D eigenvalue weighted by atomic mass is 10.3. The number of rotatable bonds is 4. The number of para-hydroxylation sites is 2. The SMILES string of the molecule is O=[P+](Nc1ccccc1)Nc1ccccc1. The van der Waals surface area contributed by atoms with E-state index in [4.69, 9.17) is 0 Å². The molecule has 0 radical (unpaired) electrons. The van der Waals surface area contributed by atoms with E-state index in [1.807, 2.05) is 60.7 Å². The second-order valence-corrected chi connectivity index (χ2v) is 4.29. The van der Waals surface area contributed by atoms with Gasteiger partial charge >= 0.3 is 8.10 Å². The lowest BCUT2D eigenvalue weighted by Crippen LogP contribution is -1.94. The Kier molecular flexibility index (Phi) is 3.52. The third-order valence-electron chi connectivity index (χ3n) is 2.01. The summed E-state index contributed by atoms with van der Waals surface area (Å²) in [4.78, 5) is 0. The van der Waals surface area contributed by atoms with Crippen LogP contribution in [0.25, 0.3) is 0 Å². The second-order valence-electron chi connectivity index (χ2n) is 3.25. The van der Waals surface area contributed by atoms with Crippen molar-refractivity contribution in [2.45, 2.75) is 0 Å². The van der Waals surface area contributed by atoms with Gasteiger partial charge in [0.2, 0.25) is 0 Å². The number of benzene rings is 2. The molecule has 0 aliphatic rings. The third kappa shape index (κ3) is 3.07. The van der Waals surface area contributed by atoms with Crippen LogP contribution in [-0.4, -0.2) is 0 Å². The fourth-order valence-corrected chi connectivity index (χ4v) is 2.11. The van der Waals surface area contributed by atoms with Gasteiger partial charge in [-0.15, -0.1) is 0 Å². The van der Waals surface area contributed by atoms with Crippen LogP contribution in [0.15, 0.2) is 60.7 Å². The van der Waals surface area contributed by atoms with Crippen LogP contribution in [0.3, 0.4) is 0 Å². The first-order valence-electron chi connectivity index (χ1n) is 4.95. The Morgan fingerprint density at radius 1 is 0.688 bits per heavy atom. The molecule has 0 aliphatic carbocycles. The molecule has 2 rings (SSSR count). The Morgan fingerprint density at radius 3 is 1.44 bits per heavy atom. The second kappa shape index (κ2) is 5.29. The summed E-state index contributed by atoms with van der Waals surface area (Å²) in [6.07, 6.45) is 0. The summed E-state index contributed by atoms with van der Waals surface area (Å²) < 4.78 is 11.7. The summed E-state index contributed by atoms with van der Waals surface area (Å²) in [5.74, 6) is 0. The molecule has 3 nitrogen and oxygen atoms in total. The van der Waals surface area contributed by atoms with Crippen LogP contribution in [0.2, 0.25) is 0 Å². The maximum absolute atomic E-state index is 11.7. The van der Waals surface area contributed by atoms with Crippen molar-refractivity contribution < 1.29 is 4.57 Å². The van der Waals surface area contributed by atoms with Gasteiger partial charge in [-0.3, -0.25) is 0 Å². The largest absolute Gasteiger partial charge is 0.590 e. The van der Waals surface area contributed by atoms with Crippen molar-refractivity contribution in [3.8, 4) is 0 Å². The third-order valence-corrected chi connectivity index (χ3v) is 2.93. The van der Waals surface area contributed by atoms with E-state index in [2.05, 4.69) is 10.2 Å². The highest BCUT2D eigenvalue weighted by Crippen LogP contribution is 2.25. The minimum Gasteiger partial charge on any atom is -0.157 e. The first-order chi connectivity index (χ1) is 7.84. The van der Waals surface area contributed by atoms with E-state index >= 15 is 0 Å². The summed E-state index contributed by atoms with van der Waals surface area (Å²) in [5.41, 5.74) is 1.68. The Labute approximate surface area is 95.4 Å². The van der Waals surface area contributed by atoms with Gasteiger partial charge in [0.1, 0.15) is 0 Å². The number of hydrogen-bond acceptors (Lipinski definition) is 1. The fraction of sp³-hybridized carbons (Fsp3) is 0. The highest BCUT2D eigenvalue weighted by atomic mass is 31.1. The normalized spacial score (nSPS) is 9.50. The summed E-state index contributed by atoms with van der Waals surface area (Å²) in [6.45, 7) is 0. The predicted molar refractivity (Wildman–Crippen MR) is 67.7 cm³/mol. The van der Waals surface area contributed by atoms with Crippen molar-refractivity contribution in [1.82, 2.24) is 0 Å². The van der Waals surface area contributed by atoms with Gasteiger partial charge in [0.25, 0.3) is 0 Å². The fourth-order valence-electron chi connectivity index (χ4n) is 1.29. The van der Waals surface area contributed by atoms with Gasteiger partial charge in [-0.25, -0.2) is 0 Å². The molecule has 0 atom stereocenters. The molecule has 0 heterocycles. The van der Waals surface area contributed by atoms with Gasteiger partial charge in [-0.1, -0.05) is 36.4 Å². The average Bonchev–Trinajstić information content (AvgIpc) is 2.31. The van der Waals surface area contributed by atoms with Gasteiger partial charge in [0, 0.05) is 0 Å². The smallest absolute Gasteiger partial charge is 0.157 e. The van der Waals surface area contributed by atoms with Crippen molar-refractivity contribution in [2.24, 2.45) is 0 Å². The molecule has 0 saturated carbocycles. The van der Waals surface area contributed by atoms with Crippen LogP contribution in [0.5, 0.6) is 0 Å². The monoisotopic (exact) mass is 231 g/mol. The predicted octanol–water partition coefficient (Wildman–Crippen LogP) is 3.87. The molecule has 0 saturated heterocycles. The first kappa shape index (κ1) is 10.7. The van der Waals surface area contributed by atoms with Gasteiger partial charge in [0.15, 0.2) is 0 Å². The van der Waals surface area contributed by atoms with Crippen molar-refractivity contribution in [3.63, 3.8) is 0 Å². The Morgan fingerprint density at radius 2 is 1.06 bits per heavy atom. The van der Waals surface area contributed by atoms with Crippen LogP contribution in [0.1, 0.15) is 0 Å². The Balaban J connectivity index is 1.95. The minimum absolute atomic E-state index is 0.840. The van der Waals surface area contributed by atoms with Gasteiger partial charge < -0.3 is 0 Å². The zero-order chi connectivity index (χ0) is 11.2. The van der Waals surface area contributed by atoms with Crippen molar-refractivity contribution in [3.05, 3.63) is 60.7 Å². The zero-order valence-electron chi connectivity index (χ0n) is 8.63. The van der Waals surface area contributed by atoms with Gasteiger partial charge in [-0.05, 0) is 28.8 Å². The van der Waals surface area contributed by atoms with Crippen LogP contribution in [0, 0.1) is 0 Å². The summed E-state index contributed by atoms with van der Waals surface area (Å²) in [5, 5.41) is 5.78. The molecule has 0 bridgehead atoms. The number of nitrogens with one attached hydrogen (secondary N) is 2. The summed E-state index contributed by atoms with van der Waals surface area (Å²) in [7, 11) is -1.68. The molecule has 80 valence electrons. The quantitative estimate of drug-likeness (QED) is 0.785. The topological polar surface area (TPSA) is 41.1 Å². The van der Waals surface area contributed by atoms with Gasteiger partial charge in [0.05, 0.1) is 11.4 Å². The average molecular weight is 231 g/mol. The van der Waals surface area contributed by atoms with Crippen molar-refractivity contribution in [1.29, 1.82) is 0 Å². The first-order valence-corrected chi connectivity index (χ1v) is 6.21. The summed E-state index contributed by atoms with van der Waals surface area (Å²) >= 11 is 0. The van der Waals surface area contributed by atoms with Gasteiger partial charge in [-0.2, -0.15) is 10.2 Å². The van der Waals surface area contributed by atoms with Crippen LogP contribution >= 0.6 is 8.10 Å². The van der Waals surface area contributed by atoms with E-state index in [9.17, 15) is 4.57 Å². The van der Waals surface area contributed by atoms with Crippen LogP contribution < -0.4 is 10.2 Å². The molecule has 2 aromatic carbocycles. The molecule has 4 heteroatoms.